The molecule has 5 nitrogen and oxygen atoms in total. The largest absolute Gasteiger partial charge is 0.484 e. The fraction of sp³-hybridized carbons (Fsp3) is 0.412. The third kappa shape index (κ3) is 3.85. The van der Waals surface area contributed by atoms with Crippen molar-refractivity contribution >= 4 is 28.5 Å². The van der Waals surface area contributed by atoms with Crippen LogP contribution in [0.15, 0.2) is 33.7 Å². The van der Waals surface area contributed by atoms with Gasteiger partial charge in [-0.1, -0.05) is 30.9 Å². The zero-order valence-corrected chi connectivity index (χ0v) is 13.4. The molecule has 1 aliphatic rings. The average Bonchev–Trinajstić information content (AvgIpc) is 2.57. The van der Waals surface area contributed by atoms with Gasteiger partial charge in [0.2, 0.25) is 5.43 Å². The highest BCUT2D eigenvalue weighted by Gasteiger charge is 2.16. The van der Waals surface area contributed by atoms with Gasteiger partial charge >= 0.3 is 0 Å². The van der Waals surface area contributed by atoms with E-state index in [9.17, 15) is 9.59 Å². The lowest BCUT2D eigenvalue weighted by Gasteiger charge is -2.22. The number of halogens is 1. The molecule has 1 amide bonds. The van der Waals surface area contributed by atoms with Crippen molar-refractivity contribution in [2.45, 2.75) is 38.1 Å². The Kier molecular flexibility index (Phi) is 4.86. The van der Waals surface area contributed by atoms with Gasteiger partial charge < -0.3 is 14.5 Å². The highest BCUT2D eigenvalue weighted by molar-refractivity contribution is 6.30. The quantitative estimate of drug-likeness (QED) is 0.931. The molecule has 2 aromatic rings. The number of amides is 1. The third-order valence-electron chi connectivity index (χ3n) is 4.04. The van der Waals surface area contributed by atoms with E-state index in [2.05, 4.69) is 5.32 Å². The first kappa shape index (κ1) is 15.9. The Hall–Kier alpha value is -2.01. The van der Waals surface area contributed by atoms with Crippen LogP contribution in [0.2, 0.25) is 5.02 Å². The van der Waals surface area contributed by atoms with Gasteiger partial charge in [0.25, 0.3) is 5.91 Å². The summed E-state index contributed by atoms with van der Waals surface area (Å²) in [6.45, 7) is -0.0557. The molecule has 1 aromatic carbocycles. The summed E-state index contributed by atoms with van der Waals surface area (Å²) < 4.78 is 10.8. The van der Waals surface area contributed by atoms with Gasteiger partial charge in [-0.2, -0.15) is 0 Å². The molecular formula is C17H18ClNO4. The van der Waals surface area contributed by atoms with E-state index >= 15 is 0 Å². The number of ether oxygens (including phenoxy) is 1. The number of rotatable bonds is 4. The van der Waals surface area contributed by atoms with E-state index in [1.807, 2.05) is 0 Å². The van der Waals surface area contributed by atoms with Crippen molar-refractivity contribution < 1.29 is 13.9 Å². The number of carbonyl (C=O) groups excluding carboxylic acids is 1. The van der Waals surface area contributed by atoms with Crippen LogP contribution in [0.5, 0.6) is 5.75 Å². The second kappa shape index (κ2) is 7.04. The van der Waals surface area contributed by atoms with Gasteiger partial charge in [0.05, 0.1) is 5.39 Å². The number of hydrogen-bond acceptors (Lipinski definition) is 4. The van der Waals surface area contributed by atoms with Crippen molar-refractivity contribution in [3.05, 3.63) is 39.7 Å². The van der Waals surface area contributed by atoms with Crippen molar-refractivity contribution in [1.29, 1.82) is 0 Å². The average molecular weight is 336 g/mol. The first-order chi connectivity index (χ1) is 11.1. The van der Waals surface area contributed by atoms with E-state index in [1.165, 1.54) is 12.7 Å². The van der Waals surface area contributed by atoms with E-state index in [0.717, 1.165) is 25.7 Å². The summed E-state index contributed by atoms with van der Waals surface area (Å²) in [4.78, 5) is 23.8. The summed E-state index contributed by atoms with van der Waals surface area (Å²) in [7, 11) is 0. The van der Waals surface area contributed by atoms with Crippen molar-refractivity contribution in [3.8, 4) is 5.75 Å². The maximum absolute atomic E-state index is 11.9. The molecule has 0 spiro atoms. The minimum Gasteiger partial charge on any atom is -0.484 e. The SMILES string of the molecule is O=C(COc1ccc2c(=O)c(Cl)coc2c1)NC1CCCCC1. The monoisotopic (exact) mass is 335 g/mol. The third-order valence-corrected chi connectivity index (χ3v) is 4.30. The molecule has 122 valence electrons. The van der Waals surface area contributed by atoms with Crippen molar-refractivity contribution in [2.24, 2.45) is 0 Å². The van der Waals surface area contributed by atoms with Gasteiger partial charge in [0.1, 0.15) is 22.6 Å². The van der Waals surface area contributed by atoms with Crippen LogP contribution in [-0.4, -0.2) is 18.6 Å². The molecule has 0 aliphatic heterocycles. The van der Waals surface area contributed by atoms with E-state index in [-0.39, 0.29) is 29.0 Å². The van der Waals surface area contributed by atoms with Crippen LogP contribution < -0.4 is 15.5 Å². The Labute approximate surface area is 138 Å². The van der Waals surface area contributed by atoms with E-state index < -0.39 is 0 Å². The fourth-order valence-electron chi connectivity index (χ4n) is 2.84. The lowest BCUT2D eigenvalue weighted by atomic mass is 9.95. The predicted molar refractivity (Wildman–Crippen MR) is 88.0 cm³/mol. The zero-order valence-electron chi connectivity index (χ0n) is 12.6. The van der Waals surface area contributed by atoms with Gasteiger partial charge in [-0.15, -0.1) is 0 Å². The zero-order chi connectivity index (χ0) is 16.2. The van der Waals surface area contributed by atoms with E-state index in [4.69, 9.17) is 20.8 Å². The Morgan fingerprint density at radius 3 is 2.87 bits per heavy atom. The Balaban J connectivity index is 1.61. The van der Waals surface area contributed by atoms with Crippen molar-refractivity contribution in [1.82, 2.24) is 5.32 Å². The molecular weight excluding hydrogens is 318 g/mol. The molecule has 1 fully saturated rings. The van der Waals surface area contributed by atoms with Crippen LogP contribution in [-0.2, 0) is 4.79 Å². The summed E-state index contributed by atoms with van der Waals surface area (Å²) >= 11 is 5.73. The molecule has 3 rings (SSSR count). The summed E-state index contributed by atoms with van der Waals surface area (Å²) in [6.07, 6.45) is 6.85. The van der Waals surface area contributed by atoms with Gasteiger partial charge in [-0.25, -0.2) is 0 Å². The Morgan fingerprint density at radius 2 is 2.09 bits per heavy atom. The van der Waals surface area contributed by atoms with Crippen LogP contribution in [0.4, 0.5) is 0 Å². The predicted octanol–water partition coefficient (Wildman–Crippen LogP) is 3.27. The van der Waals surface area contributed by atoms with E-state index in [1.54, 1.807) is 18.2 Å². The first-order valence-electron chi connectivity index (χ1n) is 7.77. The summed E-state index contributed by atoms with van der Waals surface area (Å²) in [5.74, 6) is 0.344. The smallest absolute Gasteiger partial charge is 0.258 e. The highest BCUT2D eigenvalue weighted by Crippen LogP contribution is 2.20. The summed E-state index contributed by atoms with van der Waals surface area (Å²) in [5, 5.41) is 3.41. The first-order valence-corrected chi connectivity index (χ1v) is 8.14. The van der Waals surface area contributed by atoms with Gasteiger partial charge in [-0.3, -0.25) is 9.59 Å². The molecule has 0 radical (unpaired) electrons. The lowest BCUT2D eigenvalue weighted by Crippen LogP contribution is -2.38. The topological polar surface area (TPSA) is 68.5 Å². The molecule has 1 aliphatic carbocycles. The van der Waals surface area contributed by atoms with Gasteiger partial charge in [0, 0.05) is 12.1 Å². The normalized spacial score (nSPS) is 15.5. The minimum absolute atomic E-state index is 0.0398. The molecule has 6 heteroatoms. The maximum atomic E-state index is 11.9. The van der Waals surface area contributed by atoms with E-state index in [0.29, 0.717) is 16.7 Å². The molecule has 1 heterocycles. The number of hydrogen-bond donors (Lipinski definition) is 1. The second-order valence-corrected chi connectivity index (χ2v) is 6.17. The molecule has 1 saturated carbocycles. The summed E-state index contributed by atoms with van der Waals surface area (Å²) in [5.41, 5.74) is 0.0964. The van der Waals surface area contributed by atoms with Gasteiger partial charge in [-0.05, 0) is 25.0 Å². The fourth-order valence-corrected chi connectivity index (χ4v) is 2.99. The highest BCUT2D eigenvalue weighted by atomic mass is 35.5. The van der Waals surface area contributed by atoms with Crippen LogP contribution >= 0.6 is 11.6 Å². The van der Waals surface area contributed by atoms with Crippen LogP contribution in [0.1, 0.15) is 32.1 Å². The molecule has 0 saturated heterocycles. The molecule has 0 bridgehead atoms. The maximum Gasteiger partial charge on any atom is 0.258 e. The number of benzene rings is 1. The van der Waals surface area contributed by atoms with Crippen molar-refractivity contribution in [3.63, 3.8) is 0 Å². The molecule has 1 N–H and O–H groups in total. The van der Waals surface area contributed by atoms with Crippen LogP contribution in [0, 0.1) is 0 Å². The number of fused-ring (bicyclic) bond motifs is 1. The molecule has 0 unspecified atom stereocenters. The van der Waals surface area contributed by atoms with Crippen LogP contribution in [0.25, 0.3) is 11.0 Å². The van der Waals surface area contributed by atoms with Gasteiger partial charge in [0.15, 0.2) is 6.61 Å². The second-order valence-electron chi connectivity index (χ2n) is 5.76. The standard InChI is InChI=1S/C17H18ClNO4/c18-14-9-23-15-8-12(6-7-13(15)17(14)21)22-10-16(20)19-11-4-2-1-3-5-11/h6-9,11H,1-5,10H2,(H,19,20). The Bertz CT molecular complexity index is 765. The molecule has 0 atom stereocenters. The molecule has 23 heavy (non-hydrogen) atoms. The number of carbonyl (C=O) groups is 1. The Morgan fingerprint density at radius 1 is 1.30 bits per heavy atom. The van der Waals surface area contributed by atoms with Crippen molar-refractivity contribution in [2.75, 3.05) is 6.61 Å². The minimum atomic E-state index is -0.283. The molecule has 1 aromatic heterocycles. The van der Waals surface area contributed by atoms with Crippen LogP contribution in [0.3, 0.4) is 0 Å². The lowest BCUT2D eigenvalue weighted by molar-refractivity contribution is -0.124. The summed E-state index contributed by atoms with van der Waals surface area (Å²) in [6, 6.07) is 5.06. The number of nitrogens with one attached hydrogen (secondary N) is 1.